The Morgan fingerprint density at radius 2 is 1.77 bits per heavy atom. The van der Waals surface area contributed by atoms with Crippen LogP contribution >= 0.6 is 15.9 Å². The van der Waals surface area contributed by atoms with Crippen molar-refractivity contribution < 1.29 is 9.53 Å². The predicted molar refractivity (Wildman–Crippen MR) is 92.1 cm³/mol. The van der Waals surface area contributed by atoms with Crippen molar-refractivity contribution >= 4 is 21.9 Å². The molecule has 1 aromatic heterocycles. The number of rotatable bonds is 2. The number of halogens is 1. The van der Waals surface area contributed by atoms with E-state index in [-0.39, 0.29) is 11.4 Å². The number of carbonyl (C=O) groups excluding carboxylic acids is 1. The van der Waals surface area contributed by atoms with Gasteiger partial charge in [-0.1, -0.05) is 45.0 Å². The summed E-state index contributed by atoms with van der Waals surface area (Å²) in [6.07, 6.45) is 0. The molecule has 0 saturated heterocycles. The van der Waals surface area contributed by atoms with Crippen LogP contribution in [-0.2, 0) is 10.2 Å². The zero-order valence-electron chi connectivity index (χ0n) is 13.5. The first-order chi connectivity index (χ1) is 10.2. The van der Waals surface area contributed by atoms with Gasteiger partial charge in [0.2, 0.25) is 0 Å². The molecule has 0 aliphatic rings. The number of benzene rings is 1. The molecule has 0 unspecified atom stereocenters. The average molecular weight is 362 g/mol. The Bertz CT molecular complexity index is 700. The standard InChI is InChI=1S/C18H20BrNO2/c1-11-14(17(21)22-5)10-15(19)16(20-11)12-6-8-13(9-7-12)18(2,3)4/h6-10H,1-5H3. The molecule has 0 spiro atoms. The number of carbonyl (C=O) groups is 1. The first-order valence-corrected chi connectivity index (χ1v) is 7.89. The number of aromatic nitrogens is 1. The minimum Gasteiger partial charge on any atom is -0.465 e. The number of nitrogens with zero attached hydrogens (tertiary/aromatic N) is 1. The first-order valence-electron chi connectivity index (χ1n) is 7.10. The fourth-order valence-corrected chi connectivity index (χ4v) is 2.77. The van der Waals surface area contributed by atoms with E-state index in [1.54, 1.807) is 6.07 Å². The van der Waals surface area contributed by atoms with Crippen molar-refractivity contribution in [1.82, 2.24) is 4.98 Å². The fourth-order valence-electron chi connectivity index (χ4n) is 2.23. The monoisotopic (exact) mass is 361 g/mol. The van der Waals surface area contributed by atoms with Crippen molar-refractivity contribution in [3.63, 3.8) is 0 Å². The summed E-state index contributed by atoms with van der Waals surface area (Å²) in [4.78, 5) is 16.3. The molecule has 0 bridgehead atoms. The fraction of sp³-hybridized carbons (Fsp3) is 0.333. The lowest BCUT2D eigenvalue weighted by Gasteiger charge is -2.19. The number of hydrogen-bond donors (Lipinski definition) is 0. The van der Waals surface area contributed by atoms with Gasteiger partial charge in [-0.05, 0) is 39.9 Å². The lowest BCUT2D eigenvalue weighted by atomic mass is 9.86. The van der Waals surface area contributed by atoms with Gasteiger partial charge in [0.05, 0.1) is 24.1 Å². The Kier molecular flexibility index (Phi) is 4.71. The lowest BCUT2D eigenvalue weighted by molar-refractivity contribution is 0.0599. The number of pyridine rings is 1. The molecule has 0 atom stereocenters. The molecule has 1 heterocycles. The Morgan fingerprint density at radius 3 is 2.27 bits per heavy atom. The van der Waals surface area contributed by atoms with Gasteiger partial charge >= 0.3 is 5.97 Å². The maximum atomic E-state index is 11.7. The van der Waals surface area contributed by atoms with E-state index in [0.29, 0.717) is 11.3 Å². The highest BCUT2D eigenvalue weighted by molar-refractivity contribution is 9.10. The maximum Gasteiger partial charge on any atom is 0.339 e. The van der Waals surface area contributed by atoms with E-state index in [1.807, 2.05) is 6.92 Å². The van der Waals surface area contributed by atoms with Crippen molar-refractivity contribution in [3.05, 3.63) is 51.6 Å². The van der Waals surface area contributed by atoms with E-state index >= 15 is 0 Å². The van der Waals surface area contributed by atoms with Crippen LogP contribution in [0.1, 0.15) is 42.4 Å². The van der Waals surface area contributed by atoms with E-state index in [4.69, 9.17) is 4.74 Å². The van der Waals surface area contributed by atoms with Crippen LogP contribution < -0.4 is 0 Å². The van der Waals surface area contributed by atoms with E-state index in [9.17, 15) is 4.79 Å². The third-order valence-electron chi connectivity index (χ3n) is 3.60. The summed E-state index contributed by atoms with van der Waals surface area (Å²) in [6.45, 7) is 8.37. The van der Waals surface area contributed by atoms with Crippen molar-refractivity contribution in [3.8, 4) is 11.3 Å². The van der Waals surface area contributed by atoms with Crippen molar-refractivity contribution in [2.24, 2.45) is 0 Å². The Labute approximate surface area is 139 Å². The molecule has 0 aliphatic carbocycles. The molecule has 0 radical (unpaired) electrons. The minimum absolute atomic E-state index is 0.119. The van der Waals surface area contributed by atoms with Crippen LogP contribution in [0.2, 0.25) is 0 Å². The third-order valence-corrected chi connectivity index (χ3v) is 4.20. The van der Waals surface area contributed by atoms with Gasteiger partial charge in [-0.25, -0.2) is 4.79 Å². The highest BCUT2D eigenvalue weighted by atomic mass is 79.9. The highest BCUT2D eigenvalue weighted by Gasteiger charge is 2.17. The molecular weight excluding hydrogens is 342 g/mol. The number of methoxy groups -OCH3 is 1. The summed E-state index contributed by atoms with van der Waals surface area (Å²) in [6, 6.07) is 10.1. The normalized spacial score (nSPS) is 11.4. The van der Waals surface area contributed by atoms with Crippen LogP contribution in [0.15, 0.2) is 34.8 Å². The van der Waals surface area contributed by atoms with Crippen LogP contribution in [-0.4, -0.2) is 18.1 Å². The van der Waals surface area contributed by atoms with E-state index in [1.165, 1.54) is 12.7 Å². The summed E-state index contributed by atoms with van der Waals surface area (Å²) in [7, 11) is 1.37. The van der Waals surface area contributed by atoms with Crippen LogP contribution in [0, 0.1) is 6.92 Å². The SMILES string of the molecule is COC(=O)c1cc(Br)c(-c2ccc(C(C)(C)C)cc2)nc1C. The van der Waals surface area contributed by atoms with Crippen molar-refractivity contribution in [1.29, 1.82) is 0 Å². The van der Waals surface area contributed by atoms with E-state index < -0.39 is 0 Å². The predicted octanol–water partition coefficient (Wildman–Crippen LogP) is 4.90. The topological polar surface area (TPSA) is 39.2 Å². The number of hydrogen-bond acceptors (Lipinski definition) is 3. The second-order valence-electron chi connectivity index (χ2n) is 6.27. The van der Waals surface area contributed by atoms with Crippen LogP contribution in [0.25, 0.3) is 11.3 Å². The zero-order valence-corrected chi connectivity index (χ0v) is 15.1. The molecular formula is C18H20BrNO2. The molecule has 22 heavy (non-hydrogen) atoms. The molecule has 0 fully saturated rings. The van der Waals surface area contributed by atoms with Gasteiger partial charge in [-0.3, -0.25) is 4.98 Å². The minimum atomic E-state index is -0.375. The van der Waals surface area contributed by atoms with Crippen LogP contribution in [0.5, 0.6) is 0 Å². The quantitative estimate of drug-likeness (QED) is 0.713. The second kappa shape index (κ2) is 6.21. The third kappa shape index (κ3) is 3.38. The van der Waals surface area contributed by atoms with Gasteiger partial charge in [0.15, 0.2) is 0 Å². The smallest absolute Gasteiger partial charge is 0.339 e. The highest BCUT2D eigenvalue weighted by Crippen LogP contribution is 2.30. The Morgan fingerprint density at radius 1 is 1.18 bits per heavy atom. The summed E-state index contributed by atoms with van der Waals surface area (Å²) in [5, 5.41) is 0. The Balaban J connectivity index is 2.45. The molecule has 3 nitrogen and oxygen atoms in total. The zero-order chi connectivity index (χ0) is 16.5. The van der Waals surface area contributed by atoms with Gasteiger partial charge in [0.25, 0.3) is 0 Å². The van der Waals surface area contributed by atoms with Crippen LogP contribution in [0.3, 0.4) is 0 Å². The molecule has 2 rings (SSSR count). The molecule has 116 valence electrons. The summed E-state index contributed by atoms with van der Waals surface area (Å²) in [5.41, 5.74) is 4.36. The first kappa shape index (κ1) is 16.7. The van der Waals surface area contributed by atoms with Gasteiger partial charge in [0.1, 0.15) is 0 Å². The number of ether oxygens (including phenoxy) is 1. The Hall–Kier alpha value is -1.68. The molecule has 0 saturated carbocycles. The lowest BCUT2D eigenvalue weighted by Crippen LogP contribution is -2.10. The van der Waals surface area contributed by atoms with E-state index in [2.05, 4.69) is 66.0 Å². The summed E-state index contributed by atoms with van der Waals surface area (Å²) in [5.74, 6) is -0.375. The molecule has 0 amide bonds. The largest absolute Gasteiger partial charge is 0.465 e. The molecule has 4 heteroatoms. The van der Waals surface area contributed by atoms with E-state index in [0.717, 1.165) is 15.7 Å². The maximum absolute atomic E-state index is 11.7. The van der Waals surface area contributed by atoms with Gasteiger partial charge in [-0.15, -0.1) is 0 Å². The van der Waals surface area contributed by atoms with Crippen molar-refractivity contribution in [2.45, 2.75) is 33.1 Å². The molecule has 1 aromatic carbocycles. The number of esters is 1. The summed E-state index contributed by atoms with van der Waals surface area (Å²) >= 11 is 3.50. The van der Waals surface area contributed by atoms with Crippen LogP contribution in [0.4, 0.5) is 0 Å². The number of aryl methyl sites for hydroxylation is 1. The molecule has 2 aromatic rings. The van der Waals surface area contributed by atoms with Gasteiger partial charge < -0.3 is 4.74 Å². The van der Waals surface area contributed by atoms with Gasteiger partial charge in [-0.2, -0.15) is 0 Å². The molecule has 0 aliphatic heterocycles. The van der Waals surface area contributed by atoms with Crippen molar-refractivity contribution in [2.75, 3.05) is 7.11 Å². The van der Waals surface area contributed by atoms with Gasteiger partial charge in [0, 0.05) is 10.0 Å². The molecule has 0 N–H and O–H groups in total. The summed E-state index contributed by atoms with van der Waals surface area (Å²) < 4.78 is 5.55. The second-order valence-corrected chi connectivity index (χ2v) is 7.13. The average Bonchev–Trinajstić information content (AvgIpc) is 2.47.